The number of amides is 1. The van der Waals surface area contributed by atoms with Crippen molar-refractivity contribution in [3.63, 3.8) is 0 Å². The number of methoxy groups -OCH3 is 1. The van der Waals surface area contributed by atoms with Crippen molar-refractivity contribution >= 4 is 35.8 Å². The number of guanidine groups is 1. The summed E-state index contributed by atoms with van der Waals surface area (Å²) in [6, 6.07) is 0.834. The number of ether oxygens (including phenoxy) is 1. The highest BCUT2D eigenvalue weighted by molar-refractivity contribution is 14.0. The fraction of sp³-hybridized carbons (Fsp3) is 0.882. The zero-order valence-corrected chi connectivity index (χ0v) is 18.1. The summed E-state index contributed by atoms with van der Waals surface area (Å²) >= 11 is 0. The quantitative estimate of drug-likeness (QED) is 0.331. The smallest absolute Gasteiger partial charge is 0.222 e. The number of carbonyl (C=O) groups excluding carboxylic acids is 1. The van der Waals surface area contributed by atoms with E-state index in [1.165, 1.54) is 12.8 Å². The van der Waals surface area contributed by atoms with Gasteiger partial charge in [-0.25, -0.2) is 0 Å². The zero-order chi connectivity index (χ0) is 17.4. The van der Waals surface area contributed by atoms with Crippen LogP contribution in [0.2, 0.25) is 0 Å². The highest BCUT2D eigenvalue weighted by atomic mass is 127. The molecule has 1 amide bonds. The van der Waals surface area contributed by atoms with Crippen LogP contribution >= 0.6 is 24.0 Å². The van der Waals surface area contributed by atoms with Crippen molar-refractivity contribution in [2.24, 2.45) is 4.99 Å². The largest absolute Gasteiger partial charge is 0.383 e. The lowest BCUT2D eigenvalue weighted by molar-refractivity contribution is -0.129. The van der Waals surface area contributed by atoms with E-state index in [0.717, 1.165) is 51.7 Å². The first-order chi connectivity index (χ1) is 11.7. The minimum Gasteiger partial charge on any atom is -0.383 e. The highest BCUT2D eigenvalue weighted by Crippen LogP contribution is 2.16. The molecule has 0 aromatic rings. The Balaban J connectivity index is 0.00000312. The first kappa shape index (κ1) is 22.4. The van der Waals surface area contributed by atoms with E-state index in [0.29, 0.717) is 18.5 Å². The average molecular weight is 467 g/mol. The lowest BCUT2D eigenvalue weighted by atomic mass is 10.2. The van der Waals surface area contributed by atoms with Gasteiger partial charge in [-0.05, 0) is 25.8 Å². The molecular formula is C17H34IN5O2. The fourth-order valence-electron chi connectivity index (χ4n) is 3.56. The van der Waals surface area contributed by atoms with E-state index in [-0.39, 0.29) is 29.9 Å². The van der Waals surface area contributed by atoms with Gasteiger partial charge in [-0.1, -0.05) is 6.92 Å². The van der Waals surface area contributed by atoms with E-state index >= 15 is 0 Å². The van der Waals surface area contributed by atoms with Crippen molar-refractivity contribution < 1.29 is 9.53 Å². The molecule has 2 atom stereocenters. The van der Waals surface area contributed by atoms with E-state index in [9.17, 15) is 4.79 Å². The number of likely N-dealkylation sites (tertiary alicyclic amines) is 2. The molecule has 0 aromatic heterocycles. The first-order valence-electron chi connectivity index (χ1n) is 9.15. The van der Waals surface area contributed by atoms with Crippen LogP contribution in [0.15, 0.2) is 4.99 Å². The Hall–Kier alpha value is -0.610. The van der Waals surface area contributed by atoms with Crippen LogP contribution in [-0.2, 0) is 9.53 Å². The Labute approximate surface area is 169 Å². The number of halogens is 1. The van der Waals surface area contributed by atoms with Gasteiger partial charge < -0.3 is 20.3 Å². The average Bonchev–Trinajstić information content (AvgIpc) is 3.25. The lowest BCUT2D eigenvalue weighted by Crippen LogP contribution is -2.49. The van der Waals surface area contributed by atoms with Gasteiger partial charge in [0, 0.05) is 58.8 Å². The Morgan fingerprint density at radius 2 is 2.12 bits per heavy atom. The molecule has 7 nitrogen and oxygen atoms in total. The van der Waals surface area contributed by atoms with Gasteiger partial charge in [-0.2, -0.15) is 0 Å². The SMILES string of the molecule is CCC(=O)N1CCC(NC(=NC)NCC2CCCN2CCOC)C1.I. The number of aliphatic imine (C=N–C) groups is 1. The van der Waals surface area contributed by atoms with Crippen LogP contribution in [0.5, 0.6) is 0 Å². The van der Waals surface area contributed by atoms with Crippen molar-refractivity contribution in [3.8, 4) is 0 Å². The molecule has 0 spiro atoms. The minimum absolute atomic E-state index is 0. The zero-order valence-electron chi connectivity index (χ0n) is 15.8. The molecule has 0 aliphatic carbocycles. The summed E-state index contributed by atoms with van der Waals surface area (Å²) in [5.41, 5.74) is 0. The molecule has 2 aliphatic rings. The molecular weight excluding hydrogens is 433 g/mol. The molecule has 2 rings (SSSR count). The van der Waals surface area contributed by atoms with Crippen LogP contribution in [0.25, 0.3) is 0 Å². The maximum Gasteiger partial charge on any atom is 0.222 e. The monoisotopic (exact) mass is 467 g/mol. The Morgan fingerprint density at radius 3 is 2.80 bits per heavy atom. The number of rotatable bonds is 7. The first-order valence-corrected chi connectivity index (χ1v) is 9.15. The fourth-order valence-corrected chi connectivity index (χ4v) is 3.56. The summed E-state index contributed by atoms with van der Waals surface area (Å²) in [5.74, 6) is 1.08. The summed E-state index contributed by atoms with van der Waals surface area (Å²) in [6.07, 6.45) is 4.03. The molecule has 0 saturated carbocycles. The normalized spacial score (nSPS) is 24.3. The van der Waals surface area contributed by atoms with Crippen molar-refractivity contribution in [2.45, 2.75) is 44.7 Å². The van der Waals surface area contributed by atoms with Crippen LogP contribution in [0.1, 0.15) is 32.6 Å². The van der Waals surface area contributed by atoms with Gasteiger partial charge in [0.2, 0.25) is 5.91 Å². The molecule has 146 valence electrons. The lowest BCUT2D eigenvalue weighted by Gasteiger charge is -2.26. The summed E-state index contributed by atoms with van der Waals surface area (Å²) in [7, 11) is 3.56. The van der Waals surface area contributed by atoms with Gasteiger partial charge in [-0.15, -0.1) is 24.0 Å². The Morgan fingerprint density at radius 1 is 1.32 bits per heavy atom. The van der Waals surface area contributed by atoms with Gasteiger partial charge in [0.25, 0.3) is 0 Å². The van der Waals surface area contributed by atoms with E-state index in [1.807, 2.05) is 11.8 Å². The molecule has 0 bridgehead atoms. The number of hydrogen-bond acceptors (Lipinski definition) is 4. The minimum atomic E-state index is 0. The summed E-state index contributed by atoms with van der Waals surface area (Å²) in [6.45, 7) is 7.36. The standard InChI is InChI=1S/C17H33N5O2.HI/c1-4-16(23)22-9-7-14(13-22)20-17(18-2)19-12-15-6-5-8-21(15)10-11-24-3;/h14-15H,4-13H2,1-3H3,(H2,18,19,20);1H. The van der Waals surface area contributed by atoms with Gasteiger partial charge >= 0.3 is 0 Å². The van der Waals surface area contributed by atoms with Crippen LogP contribution in [0.4, 0.5) is 0 Å². The topological polar surface area (TPSA) is 69.2 Å². The maximum absolute atomic E-state index is 11.8. The maximum atomic E-state index is 11.8. The predicted octanol–water partition coefficient (Wildman–Crippen LogP) is 0.891. The van der Waals surface area contributed by atoms with Gasteiger partial charge in [0.1, 0.15) is 0 Å². The molecule has 2 saturated heterocycles. The van der Waals surface area contributed by atoms with E-state index in [1.54, 1.807) is 14.2 Å². The Bertz CT molecular complexity index is 435. The van der Waals surface area contributed by atoms with Gasteiger partial charge in [0.15, 0.2) is 5.96 Å². The molecule has 0 aromatic carbocycles. The predicted molar refractivity (Wildman–Crippen MR) is 112 cm³/mol. The molecule has 2 aliphatic heterocycles. The second-order valence-electron chi connectivity index (χ2n) is 6.60. The third kappa shape index (κ3) is 6.90. The molecule has 2 heterocycles. The van der Waals surface area contributed by atoms with Crippen molar-refractivity contribution in [1.29, 1.82) is 0 Å². The third-order valence-electron chi connectivity index (χ3n) is 4.99. The number of hydrogen-bond donors (Lipinski definition) is 2. The van der Waals surface area contributed by atoms with Gasteiger partial charge in [0.05, 0.1) is 6.61 Å². The molecule has 2 N–H and O–H groups in total. The Kier molecular flexibility index (Phi) is 10.7. The van der Waals surface area contributed by atoms with Crippen LogP contribution in [-0.4, -0.2) is 87.2 Å². The second-order valence-corrected chi connectivity index (χ2v) is 6.60. The molecule has 8 heteroatoms. The van der Waals surface area contributed by atoms with Crippen molar-refractivity contribution in [3.05, 3.63) is 0 Å². The highest BCUT2D eigenvalue weighted by Gasteiger charge is 2.27. The van der Waals surface area contributed by atoms with Crippen molar-refractivity contribution in [2.75, 3.05) is 53.5 Å². The van der Waals surface area contributed by atoms with E-state index in [4.69, 9.17) is 4.74 Å². The molecule has 0 radical (unpaired) electrons. The summed E-state index contributed by atoms with van der Waals surface area (Å²) in [4.78, 5) is 20.5. The van der Waals surface area contributed by atoms with Crippen molar-refractivity contribution in [1.82, 2.24) is 20.4 Å². The number of nitrogens with one attached hydrogen (secondary N) is 2. The second kappa shape index (κ2) is 11.9. The number of nitrogens with zero attached hydrogens (tertiary/aromatic N) is 3. The molecule has 2 unspecified atom stereocenters. The summed E-state index contributed by atoms with van der Waals surface area (Å²) in [5, 5.41) is 6.91. The van der Waals surface area contributed by atoms with Crippen LogP contribution < -0.4 is 10.6 Å². The van der Waals surface area contributed by atoms with E-state index < -0.39 is 0 Å². The summed E-state index contributed by atoms with van der Waals surface area (Å²) < 4.78 is 5.20. The van der Waals surface area contributed by atoms with E-state index in [2.05, 4.69) is 20.5 Å². The van der Waals surface area contributed by atoms with Crippen LogP contribution in [0, 0.1) is 0 Å². The molecule has 25 heavy (non-hydrogen) atoms. The van der Waals surface area contributed by atoms with Crippen LogP contribution in [0.3, 0.4) is 0 Å². The number of carbonyl (C=O) groups is 1. The van der Waals surface area contributed by atoms with Gasteiger partial charge in [-0.3, -0.25) is 14.7 Å². The third-order valence-corrected chi connectivity index (χ3v) is 4.99. The molecule has 2 fully saturated rings.